The lowest BCUT2D eigenvalue weighted by Gasteiger charge is -2.13. The van der Waals surface area contributed by atoms with Crippen LogP contribution in [-0.2, 0) is 6.42 Å². The fourth-order valence-electron chi connectivity index (χ4n) is 2.73. The molecule has 4 heteroatoms. The molecule has 0 saturated heterocycles. The van der Waals surface area contributed by atoms with Crippen molar-refractivity contribution in [2.75, 3.05) is 0 Å². The molecular weight excluding hydrogens is 274 g/mol. The van der Waals surface area contributed by atoms with Crippen LogP contribution in [0.2, 0.25) is 0 Å². The van der Waals surface area contributed by atoms with Gasteiger partial charge in [0.25, 0.3) is 0 Å². The standard InChI is InChI=1S/C18H19N3O/c1-12(2)10-18-15(13(3)22)11-20-21(18)17-8-4-7-16-14(17)6-5-9-19-16/h4-9,11-12H,10H2,1-3H3. The molecule has 22 heavy (non-hydrogen) atoms. The Bertz CT molecular complexity index is 828. The first-order valence-corrected chi connectivity index (χ1v) is 7.50. The molecule has 0 radical (unpaired) electrons. The van der Waals surface area contributed by atoms with E-state index in [0.717, 1.165) is 28.7 Å². The van der Waals surface area contributed by atoms with Crippen molar-refractivity contribution in [3.05, 3.63) is 54.0 Å². The molecule has 0 unspecified atom stereocenters. The normalized spacial score (nSPS) is 11.3. The van der Waals surface area contributed by atoms with Crippen molar-refractivity contribution in [2.45, 2.75) is 27.2 Å². The molecule has 2 heterocycles. The van der Waals surface area contributed by atoms with Crippen molar-refractivity contribution in [3.63, 3.8) is 0 Å². The van der Waals surface area contributed by atoms with Crippen LogP contribution < -0.4 is 0 Å². The fourth-order valence-corrected chi connectivity index (χ4v) is 2.73. The molecule has 3 rings (SSSR count). The van der Waals surface area contributed by atoms with Crippen molar-refractivity contribution >= 4 is 16.7 Å². The van der Waals surface area contributed by atoms with Gasteiger partial charge in [0.15, 0.2) is 5.78 Å². The minimum absolute atomic E-state index is 0.0558. The molecule has 4 nitrogen and oxygen atoms in total. The maximum absolute atomic E-state index is 11.9. The lowest BCUT2D eigenvalue weighted by Crippen LogP contribution is -2.09. The number of carbonyl (C=O) groups excluding carboxylic acids is 1. The third-order valence-corrected chi connectivity index (χ3v) is 3.70. The second-order valence-electron chi connectivity index (χ2n) is 5.92. The summed E-state index contributed by atoms with van der Waals surface area (Å²) in [6, 6.07) is 9.93. The number of aromatic nitrogens is 3. The van der Waals surface area contributed by atoms with E-state index < -0.39 is 0 Å². The van der Waals surface area contributed by atoms with Crippen LogP contribution in [0.5, 0.6) is 0 Å². The summed E-state index contributed by atoms with van der Waals surface area (Å²) in [5.74, 6) is 0.502. The Morgan fingerprint density at radius 1 is 1.23 bits per heavy atom. The highest BCUT2D eigenvalue weighted by Gasteiger charge is 2.17. The average Bonchev–Trinajstić information content (AvgIpc) is 2.89. The zero-order valence-corrected chi connectivity index (χ0v) is 13.1. The molecule has 0 amide bonds. The Labute approximate surface area is 129 Å². The van der Waals surface area contributed by atoms with E-state index in [1.807, 2.05) is 35.0 Å². The second kappa shape index (κ2) is 5.72. The molecule has 112 valence electrons. The van der Waals surface area contributed by atoms with Crippen LogP contribution in [0.4, 0.5) is 0 Å². The number of ketones is 1. The summed E-state index contributed by atoms with van der Waals surface area (Å²) < 4.78 is 1.89. The van der Waals surface area contributed by atoms with E-state index in [1.165, 1.54) is 0 Å². The van der Waals surface area contributed by atoms with Gasteiger partial charge in [-0.15, -0.1) is 0 Å². The molecule has 0 fully saturated rings. The van der Waals surface area contributed by atoms with Crippen LogP contribution in [0.25, 0.3) is 16.6 Å². The highest BCUT2D eigenvalue weighted by Crippen LogP contribution is 2.24. The van der Waals surface area contributed by atoms with Gasteiger partial charge in [0.05, 0.1) is 28.7 Å². The van der Waals surface area contributed by atoms with Crippen LogP contribution in [0.15, 0.2) is 42.7 Å². The predicted octanol–water partition coefficient (Wildman–Crippen LogP) is 3.82. The van der Waals surface area contributed by atoms with Crippen LogP contribution in [0, 0.1) is 5.92 Å². The first-order valence-electron chi connectivity index (χ1n) is 7.50. The molecule has 0 spiro atoms. The van der Waals surface area contributed by atoms with Crippen LogP contribution in [0.1, 0.15) is 36.8 Å². The van der Waals surface area contributed by atoms with Crippen molar-refractivity contribution in [1.82, 2.24) is 14.8 Å². The van der Waals surface area contributed by atoms with E-state index in [0.29, 0.717) is 11.5 Å². The van der Waals surface area contributed by atoms with E-state index in [1.54, 1.807) is 19.3 Å². The van der Waals surface area contributed by atoms with Gasteiger partial charge in [-0.05, 0) is 43.5 Å². The Morgan fingerprint density at radius 3 is 2.77 bits per heavy atom. The van der Waals surface area contributed by atoms with Crippen molar-refractivity contribution in [3.8, 4) is 5.69 Å². The first-order chi connectivity index (χ1) is 10.6. The third-order valence-electron chi connectivity index (χ3n) is 3.70. The van der Waals surface area contributed by atoms with E-state index >= 15 is 0 Å². The minimum atomic E-state index is 0.0558. The van der Waals surface area contributed by atoms with Gasteiger partial charge in [0.2, 0.25) is 0 Å². The SMILES string of the molecule is CC(=O)c1cnn(-c2cccc3ncccc23)c1CC(C)C. The molecule has 3 aromatic rings. The van der Waals surface area contributed by atoms with E-state index in [4.69, 9.17) is 0 Å². The van der Waals surface area contributed by atoms with Gasteiger partial charge in [0, 0.05) is 11.6 Å². The third kappa shape index (κ3) is 2.52. The Hall–Kier alpha value is -2.49. The molecule has 0 saturated carbocycles. The molecule has 0 aliphatic rings. The largest absolute Gasteiger partial charge is 0.294 e. The van der Waals surface area contributed by atoms with Gasteiger partial charge < -0.3 is 0 Å². The number of rotatable bonds is 4. The molecule has 1 aromatic carbocycles. The molecular formula is C18H19N3O. The zero-order valence-electron chi connectivity index (χ0n) is 13.1. The zero-order chi connectivity index (χ0) is 15.7. The topological polar surface area (TPSA) is 47.8 Å². The monoisotopic (exact) mass is 293 g/mol. The van der Waals surface area contributed by atoms with Gasteiger partial charge in [-0.25, -0.2) is 4.68 Å². The fraction of sp³-hybridized carbons (Fsp3) is 0.278. The highest BCUT2D eigenvalue weighted by molar-refractivity contribution is 5.95. The summed E-state index contributed by atoms with van der Waals surface area (Å²) in [4.78, 5) is 16.3. The quantitative estimate of drug-likeness (QED) is 0.687. The van der Waals surface area contributed by atoms with E-state index in [-0.39, 0.29) is 5.78 Å². The average molecular weight is 293 g/mol. The van der Waals surface area contributed by atoms with Gasteiger partial charge in [-0.2, -0.15) is 5.10 Å². The summed E-state index contributed by atoms with van der Waals surface area (Å²) in [7, 11) is 0. The van der Waals surface area contributed by atoms with Crippen LogP contribution in [-0.4, -0.2) is 20.5 Å². The summed E-state index contributed by atoms with van der Waals surface area (Å²) in [6.07, 6.45) is 4.27. The van der Waals surface area contributed by atoms with Gasteiger partial charge >= 0.3 is 0 Å². The van der Waals surface area contributed by atoms with Gasteiger partial charge in [-0.3, -0.25) is 9.78 Å². The van der Waals surface area contributed by atoms with Crippen LogP contribution >= 0.6 is 0 Å². The first kappa shape index (κ1) is 14.4. The number of hydrogen-bond donors (Lipinski definition) is 0. The van der Waals surface area contributed by atoms with E-state index in [9.17, 15) is 4.79 Å². The number of Topliss-reactive ketones (excluding diaryl/α,β-unsaturated/α-hetero) is 1. The molecule has 0 aliphatic carbocycles. The summed E-state index contributed by atoms with van der Waals surface area (Å²) in [5.41, 5.74) is 3.57. The predicted molar refractivity (Wildman–Crippen MR) is 87.4 cm³/mol. The van der Waals surface area contributed by atoms with Crippen molar-refractivity contribution in [1.29, 1.82) is 0 Å². The number of fused-ring (bicyclic) bond motifs is 1. The lowest BCUT2D eigenvalue weighted by molar-refractivity contribution is 0.101. The summed E-state index contributed by atoms with van der Waals surface area (Å²) in [5, 5.41) is 5.51. The van der Waals surface area contributed by atoms with Gasteiger partial charge in [-0.1, -0.05) is 19.9 Å². The Balaban J connectivity index is 2.24. The smallest absolute Gasteiger partial charge is 0.163 e. The number of carbonyl (C=O) groups is 1. The molecule has 0 aliphatic heterocycles. The molecule has 0 atom stereocenters. The Kier molecular flexibility index (Phi) is 3.75. The summed E-state index contributed by atoms with van der Waals surface area (Å²) in [6.45, 7) is 5.88. The van der Waals surface area contributed by atoms with Gasteiger partial charge in [0.1, 0.15) is 0 Å². The highest BCUT2D eigenvalue weighted by atomic mass is 16.1. The minimum Gasteiger partial charge on any atom is -0.294 e. The molecule has 0 N–H and O–H groups in total. The maximum atomic E-state index is 11.9. The number of nitrogens with zero attached hydrogens (tertiary/aromatic N) is 3. The van der Waals surface area contributed by atoms with Crippen LogP contribution in [0.3, 0.4) is 0 Å². The maximum Gasteiger partial charge on any atom is 0.163 e. The molecule has 2 aromatic heterocycles. The Morgan fingerprint density at radius 2 is 2.05 bits per heavy atom. The lowest BCUT2D eigenvalue weighted by atomic mass is 10.0. The van der Waals surface area contributed by atoms with Crippen molar-refractivity contribution < 1.29 is 4.79 Å². The number of hydrogen-bond acceptors (Lipinski definition) is 3. The number of benzene rings is 1. The van der Waals surface area contributed by atoms with E-state index in [2.05, 4.69) is 23.9 Å². The van der Waals surface area contributed by atoms with Crippen molar-refractivity contribution in [2.24, 2.45) is 5.92 Å². The molecule has 0 bridgehead atoms. The second-order valence-corrected chi connectivity index (χ2v) is 5.92. The summed E-state index contributed by atoms with van der Waals surface area (Å²) >= 11 is 0. The number of pyridine rings is 1.